The first kappa shape index (κ1) is 19.4. The average molecular weight is 383 g/mol. The van der Waals surface area contributed by atoms with Crippen LogP contribution in [0, 0.1) is 0 Å². The molecule has 1 aliphatic rings. The average Bonchev–Trinajstić information content (AvgIpc) is 2.97. The Hall–Kier alpha value is -3.35. The molecule has 0 unspecified atom stereocenters. The maximum absolute atomic E-state index is 12.3. The van der Waals surface area contributed by atoms with Crippen LogP contribution in [0.1, 0.15) is 39.1 Å². The third-order valence-electron chi connectivity index (χ3n) is 4.49. The molecule has 0 N–H and O–H groups in total. The Kier molecular flexibility index (Phi) is 5.93. The van der Waals surface area contributed by atoms with Gasteiger partial charge in [-0.3, -0.25) is 19.3 Å². The van der Waals surface area contributed by atoms with Gasteiger partial charge in [-0.25, -0.2) is 0 Å². The number of methoxy groups -OCH3 is 2. The minimum absolute atomic E-state index is 0.103. The SMILES string of the molecule is COc1ccc(COC(=O)CCCN2C(=O)c3ccccc3C2=O)cc1OC. The summed E-state index contributed by atoms with van der Waals surface area (Å²) in [5.41, 5.74) is 1.58. The molecule has 2 aromatic carbocycles. The lowest BCUT2D eigenvalue weighted by Crippen LogP contribution is -2.31. The Bertz CT molecular complexity index is 873. The largest absolute Gasteiger partial charge is 0.493 e. The molecule has 28 heavy (non-hydrogen) atoms. The number of esters is 1. The number of benzene rings is 2. The molecular weight excluding hydrogens is 362 g/mol. The number of carbonyl (C=O) groups excluding carboxylic acids is 3. The number of fused-ring (bicyclic) bond motifs is 1. The van der Waals surface area contributed by atoms with Gasteiger partial charge in [0, 0.05) is 13.0 Å². The summed E-state index contributed by atoms with van der Waals surface area (Å²) in [4.78, 5) is 37.7. The Morgan fingerprint density at radius 1 is 0.929 bits per heavy atom. The van der Waals surface area contributed by atoms with E-state index in [9.17, 15) is 14.4 Å². The third-order valence-corrected chi connectivity index (χ3v) is 4.49. The highest BCUT2D eigenvalue weighted by Crippen LogP contribution is 2.28. The molecule has 1 aliphatic heterocycles. The zero-order chi connectivity index (χ0) is 20.1. The number of amides is 2. The number of hydrogen-bond donors (Lipinski definition) is 0. The van der Waals surface area contributed by atoms with E-state index in [0.29, 0.717) is 29.0 Å². The second-order valence-electron chi connectivity index (χ2n) is 6.26. The van der Waals surface area contributed by atoms with Crippen LogP contribution in [0.3, 0.4) is 0 Å². The van der Waals surface area contributed by atoms with Crippen LogP contribution in [0.2, 0.25) is 0 Å². The monoisotopic (exact) mass is 383 g/mol. The number of imide groups is 1. The van der Waals surface area contributed by atoms with Crippen molar-refractivity contribution in [3.63, 3.8) is 0 Å². The molecule has 146 valence electrons. The molecule has 2 amide bonds. The molecule has 0 saturated heterocycles. The van der Waals surface area contributed by atoms with Crippen molar-refractivity contribution in [1.29, 1.82) is 0 Å². The van der Waals surface area contributed by atoms with Crippen LogP contribution in [0.25, 0.3) is 0 Å². The van der Waals surface area contributed by atoms with Crippen LogP contribution in [0.5, 0.6) is 11.5 Å². The van der Waals surface area contributed by atoms with Crippen molar-refractivity contribution in [2.24, 2.45) is 0 Å². The molecule has 7 heteroatoms. The molecule has 0 aliphatic carbocycles. The molecule has 1 heterocycles. The molecule has 3 rings (SSSR count). The van der Waals surface area contributed by atoms with E-state index in [1.807, 2.05) is 0 Å². The van der Waals surface area contributed by atoms with Crippen molar-refractivity contribution in [2.75, 3.05) is 20.8 Å². The van der Waals surface area contributed by atoms with Crippen molar-refractivity contribution in [3.8, 4) is 11.5 Å². The first-order valence-electron chi connectivity index (χ1n) is 8.87. The number of carbonyl (C=O) groups is 3. The van der Waals surface area contributed by atoms with Crippen LogP contribution in [-0.4, -0.2) is 43.4 Å². The Labute approximate surface area is 162 Å². The van der Waals surface area contributed by atoms with Gasteiger partial charge in [0.25, 0.3) is 11.8 Å². The van der Waals surface area contributed by atoms with E-state index in [-0.39, 0.29) is 31.4 Å². The van der Waals surface area contributed by atoms with E-state index in [4.69, 9.17) is 14.2 Å². The van der Waals surface area contributed by atoms with Gasteiger partial charge in [0.15, 0.2) is 11.5 Å². The van der Waals surface area contributed by atoms with Gasteiger partial charge in [0.1, 0.15) is 6.61 Å². The Morgan fingerprint density at radius 2 is 1.57 bits per heavy atom. The van der Waals surface area contributed by atoms with Crippen LogP contribution < -0.4 is 9.47 Å². The van der Waals surface area contributed by atoms with Gasteiger partial charge >= 0.3 is 5.97 Å². The molecule has 0 atom stereocenters. The Balaban J connectivity index is 1.47. The highest BCUT2D eigenvalue weighted by molar-refractivity contribution is 6.21. The van der Waals surface area contributed by atoms with Crippen molar-refractivity contribution in [3.05, 3.63) is 59.2 Å². The molecular formula is C21H21NO6. The molecule has 7 nitrogen and oxygen atoms in total. The molecule has 0 fully saturated rings. The zero-order valence-corrected chi connectivity index (χ0v) is 15.8. The number of ether oxygens (including phenoxy) is 3. The summed E-state index contributed by atoms with van der Waals surface area (Å²) in [5, 5.41) is 0. The van der Waals surface area contributed by atoms with E-state index in [1.54, 1.807) is 49.6 Å². The van der Waals surface area contributed by atoms with Crippen LogP contribution >= 0.6 is 0 Å². The lowest BCUT2D eigenvalue weighted by molar-refractivity contribution is -0.145. The summed E-state index contributed by atoms with van der Waals surface area (Å²) in [6, 6.07) is 12.0. The molecule has 0 spiro atoms. The predicted molar refractivity (Wildman–Crippen MR) is 100 cm³/mol. The van der Waals surface area contributed by atoms with E-state index in [1.165, 1.54) is 12.0 Å². The maximum Gasteiger partial charge on any atom is 0.306 e. The van der Waals surface area contributed by atoms with Gasteiger partial charge in [0.2, 0.25) is 0 Å². The summed E-state index contributed by atoms with van der Waals surface area (Å²) in [7, 11) is 3.08. The topological polar surface area (TPSA) is 82.1 Å². The molecule has 0 saturated carbocycles. The quantitative estimate of drug-likeness (QED) is 0.515. The first-order chi connectivity index (χ1) is 13.5. The lowest BCUT2D eigenvalue weighted by Gasteiger charge is -2.13. The Morgan fingerprint density at radius 3 is 2.18 bits per heavy atom. The summed E-state index contributed by atoms with van der Waals surface area (Å²) in [6.07, 6.45) is 0.455. The molecule has 0 radical (unpaired) electrons. The second kappa shape index (κ2) is 8.56. The van der Waals surface area contributed by atoms with Gasteiger partial charge in [0.05, 0.1) is 25.3 Å². The van der Waals surface area contributed by atoms with Gasteiger partial charge in [-0.2, -0.15) is 0 Å². The summed E-state index contributed by atoms with van der Waals surface area (Å²) < 4.78 is 15.6. The zero-order valence-electron chi connectivity index (χ0n) is 15.8. The van der Waals surface area contributed by atoms with E-state index in [0.717, 1.165) is 5.56 Å². The molecule has 0 bridgehead atoms. The minimum atomic E-state index is -0.397. The summed E-state index contributed by atoms with van der Waals surface area (Å²) >= 11 is 0. The van der Waals surface area contributed by atoms with E-state index >= 15 is 0 Å². The number of hydrogen-bond acceptors (Lipinski definition) is 6. The van der Waals surface area contributed by atoms with Gasteiger partial charge in [-0.05, 0) is 36.2 Å². The molecule has 0 aromatic heterocycles. The highest BCUT2D eigenvalue weighted by atomic mass is 16.5. The summed E-state index contributed by atoms with van der Waals surface area (Å²) in [6.45, 7) is 0.282. The minimum Gasteiger partial charge on any atom is -0.493 e. The van der Waals surface area contributed by atoms with Crippen molar-refractivity contribution in [1.82, 2.24) is 4.90 Å². The van der Waals surface area contributed by atoms with Gasteiger partial charge < -0.3 is 14.2 Å². The van der Waals surface area contributed by atoms with Gasteiger partial charge in [-0.15, -0.1) is 0 Å². The normalized spacial score (nSPS) is 12.7. The smallest absolute Gasteiger partial charge is 0.306 e. The van der Waals surface area contributed by atoms with E-state index in [2.05, 4.69) is 0 Å². The van der Waals surface area contributed by atoms with Crippen molar-refractivity contribution >= 4 is 17.8 Å². The van der Waals surface area contributed by atoms with Crippen molar-refractivity contribution < 1.29 is 28.6 Å². The van der Waals surface area contributed by atoms with Crippen LogP contribution in [0.4, 0.5) is 0 Å². The summed E-state index contributed by atoms with van der Waals surface area (Å²) in [5.74, 6) is 0.116. The fourth-order valence-corrected chi connectivity index (χ4v) is 3.03. The fourth-order valence-electron chi connectivity index (χ4n) is 3.03. The lowest BCUT2D eigenvalue weighted by atomic mass is 10.1. The highest BCUT2D eigenvalue weighted by Gasteiger charge is 2.34. The maximum atomic E-state index is 12.3. The van der Waals surface area contributed by atoms with E-state index < -0.39 is 5.97 Å². The fraction of sp³-hybridized carbons (Fsp3) is 0.286. The second-order valence-corrected chi connectivity index (χ2v) is 6.26. The molecule has 2 aromatic rings. The predicted octanol–water partition coefficient (Wildman–Crippen LogP) is 2.82. The van der Waals surface area contributed by atoms with Crippen molar-refractivity contribution in [2.45, 2.75) is 19.4 Å². The van der Waals surface area contributed by atoms with Crippen LogP contribution in [-0.2, 0) is 16.1 Å². The van der Waals surface area contributed by atoms with Gasteiger partial charge in [-0.1, -0.05) is 18.2 Å². The standard InChI is InChI=1S/C21H21NO6/c1-26-17-10-9-14(12-18(17)27-2)13-28-19(23)8-5-11-22-20(24)15-6-3-4-7-16(15)21(22)25/h3-4,6-7,9-10,12H,5,8,11,13H2,1-2H3. The number of nitrogens with zero attached hydrogens (tertiary/aromatic N) is 1. The first-order valence-corrected chi connectivity index (χ1v) is 8.87. The third kappa shape index (κ3) is 3.98. The number of rotatable bonds is 8. The van der Waals surface area contributed by atoms with Crippen LogP contribution in [0.15, 0.2) is 42.5 Å².